The number of para-hydroxylation sites is 1. The zero-order chi connectivity index (χ0) is 14.7. The Morgan fingerprint density at radius 3 is 3.05 bits per heavy atom. The molecule has 0 saturated carbocycles. The lowest BCUT2D eigenvalue weighted by atomic mass is 10.1. The molecule has 2 heterocycles. The van der Waals surface area contributed by atoms with Crippen LogP contribution in [0.3, 0.4) is 0 Å². The quantitative estimate of drug-likeness (QED) is 0.832. The van der Waals surface area contributed by atoms with E-state index in [1.54, 1.807) is 0 Å². The summed E-state index contributed by atoms with van der Waals surface area (Å²) in [6.45, 7) is 2.61. The van der Waals surface area contributed by atoms with Gasteiger partial charge in [-0.2, -0.15) is 0 Å². The Balaban J connectivity index is 1.78. The lowest BCUT2D eigenvalue weighted by molar-refractivity contribution is 0.185. The number of hydrogen-bond acceptors (Lipinski definition) is 4. The Labute approximate surface area is 129 Å². The van der Waals surface area contributed by atoms with Crippen molar-refractivity contribution < 1.29 is 4.74 Å². The van der Waals surface area contributed by atoms with Crippen LogP contribution in [0, 0.1) is 5.92 Å². The summed E-state index contributed by atoms with van der Waals surface area (Å²) in [5.74, 6) is 1.42. The number of pyridine rings is 1. The minimum atomic E-state index is 0.375. The standard InChI is InChI=1S/C16H19N3OS/c17-15(21)13-9-12-3-1-2-4-14(12)19-16(13)18-7-5-11-6-8-20-10-11/h1-4,9,11H,5-8,10H2,(H2,17,21)(H,18,19). The monoisotopic (exact) mass is 301 g/mol. The fraction of sp³-hybridized carbons (Fsp3) is 0.375. The zero-order valence-corrected chi connectivity index (χ0v) is 12.7. The summed E-state index contributed by atoms with van der Waals surface area (Å²) in [6, 6.07) is 9.99. The molecule has 3 rings (SSSR count). The van der Waals surface area contributed by atoms with E-state index in [2.05, 4.69) is 10.3 Å². The van der Waals surface area contributed by atoms with Crippen LogP contribution in [0.2, 0.25) is 0 Å². The van der Waals surface area contributed by atoms with Gasteiger partial charge in [-0.05, 0) is 30.9 Å². The maximum atomic E-state index is 5.83. The normalized spacial score (nSPS) is 18.0. The third-order valence-electron chi connectivity index (χ3n) is 3.86. The summed E-state index contributed by atoms with van der Waals surface area (Å²) in [5, 5.41) is 4.43. The molecular weight excluding hydrogens is 282 g/mol. The lowest BCUT2D eigenvalue weighted by Gasteiger charge is -2.13. The van der Waals surface area contributed by atoms with Crippen molar-refractivity contribution in [3.05, 3.63) is 35.9 Å². The maximum absolute atomic E-state index is 5.83. The molecule has 0 radical (unpaired) electrons. The van der Waals surface area contributed by atoms with Crippen molar-refractivity contribution in [2.75, 3.05) is 25.1 Å². The predicted molar refractivity (Wildman–Crippen MR) is 89.7 cm³/mol. The fourth-order valence-electron chi connectivity index (χ4n) is 2.64. The first-order valence-electron chi connectivity index (χ1n) is 7.25. The van der Waals surface area contributed by atoms with Crippen molar-refractivity contribution in [1.29, 1.82) is 0 Å². The highest BCUT2D eigenvalue weighted by molar-refractivity contribution is 7.80. The summed E-state index contributed by atoms with van der Waals surface area (Å²) in [7, 11) is 0. The van der Waals surface area contributed by atoms with E-state index in [0.717, 1.165) is 54.9 Å². The summed E-state index contributed by atoms with van der Waals surface area (Å²) in [4.78, 5) is 5.03. The van der Waals surface area contributed by atoms with E-state index in [-0.39, 0.29) is 0 Å². The molecule has 1 atom stereocenters. The van der Waals surface area contributed by atoms with Crippen LogP contribution in [0.25, 0.3) is 10.9 Å². The molecule has 0 aliphatic carbocycles. The number of benzene rings is 1. The van der Waals surface area contributed by atoms with Crippen LogP contribution in [-0.2, 0) is 4.74 Å². The van der Waals surface area contributed by atoms with Crippen molar-refractivity contribution in [1.82, 2.24) is 4.98 Å². The number of thiocarbonyl (C=S) groups is 1. The van der Waals surface area contributed by atoms with Crippen molar-refractivity contribution in [3.63, 3.8) is 0 Å². The van der Waals surface area contributed by atoms with Gasteiger partial charge in [0.2, 0.25) is 0 Å². The first kappa shape index (κ1) is 14.2. The highest BCUT2D eigenvalue weighted by Gasteiger charge is 2.15. The van der Waals surface area contributed by atoms with Gasteiger partial charge in [0.05, 0.1) is 11.1 Å². The Morgan fingerprint density at radius 2 is 2.29 bits per heavy atom. The second kappa shape index (κ2) is 6.37. The number of anilines is 1. The van der Waals surface area contributed by atoms with Gasteiger partial charge in [0, 0.05) is 25.1 Å². The van der Waals surface area contributed by atoms with Gasteiger partial charge in [0.1, 0.15) is 10.8 Å². The molecule has 2 aromatic rings. The fourth-order valence-corrected chi connectivity index (χ4v) is 2.80. The summed E-state index contributed by atoms with van der Waals surface area (Å²) >= 11 is 5.15. The molecule has 1 aromatic heterocycles. The Morgan fingerprint density at radius 1 is 1.43 bits per heavy atom. The number of fused-ring (bicyclic) bond motifs is 1. The van der Waals surface area contributed by atoms with Crippen LogP contribution in [0.1, 0.15) is 18.4 Å². The smallest absolute Gasteiger partial charge is 0.136 e. The molecule has 1 aromatic carbocycles. The van der Waals surface area contributed by atoms with E-state index in [1.807, 2.05) is 30.3 Å². The summed E-state index contributed by atoms with van der Waals surface area (Å²) < 4.78 is 5.40. The SMILES string of the molecule is NC(=S)c1cc2ccccc2nc1NCCC1CCOC1. The van der Waals surface area contributed by atoms with Gasteiger partial charge in [-0.15, -0.1) is 0 Å². The summed E-state index contributed by atoms with van der Waals surface area (Å²) in [5.41, 5.74) is 7.59. The number of nitrogens with two attached hydrogens (primary N) is 1. The molecule has 5 heteroatoms. The summed E-state index contributed by atoms with van der Waals surface area (Å²) in [6.07, 6.45) is 2.22. The molecule has 1 aliphatic rings. The van der Waals surface area contributed by atoms with Crippen LogP contribution in [-0.4, -0.2) is 29.7 Å². The first-order valence-corrected chi connectivity index (χ1v) is 7.66. The van der Waals surface area contributed by atoms with E-state index in [9.17, 15) is 0 Å². The van der Waals surface area contributed by atoms with Crippen LogP contribution in [0.5, 0.6) is 0 Å². The van der Waals surface area contributed by atoms with E-state index < -0.39 is 0 Å². The molecule has 0 amide bonds. The molecular formula is C16H19N3OS. The molecule has 21 heavy (non-hydrogen) atoms. The maximum Gasteiger partial charge on any atom is 0.136 e. The van der Waals surface area contributed by atoms with Gasteiger partial charge in [0.15, 0.2) is 0 Å². The number of aromatic nitrogens is 1. The molecule has 3 N–H and O–H groups in total. The highest BCUT2D eigenvalue weighted by atomic mass is 32.1. The van der Waals surface area contributed by atoms with Crippen LogP contribution < -0.4 is 11.1 Å². The average Bonchev–Trinajstić information content (AvgIpc) is 2.99. The van der Waals surface area contributed by atoms with Gasteiger partial charge in [-0.3, -0.25) is 0 Å². The minimum Gasteiger partial charge on any atom is -0.389 e. The van der Waals surface area contributed by atoms with Gasteiger partial charge in [-0.25, -0.2) is 4.98 Å². The largest absolute Gasteiger partial charge is 0.389 e. The number of hydrogen-bond donors (Lipinski definition) is 2. The number of nitrogens with one attached hydrogen (secondary N) is 1. The Kier molecular flexibility index (Phi) is 4.31. The van der Waals surface area contributed by atoms with Gasteiger partial charge < -0.3 is 15.8 Å². The van der Waals surface area contributed by atoms with Crippen molar-refractivity contribution in [3.8, 4) is 0 Å². The number of ether oxygens (including phenoxy) is 1. The van der Waals surface area contributed by atoms with E-state index >= 15 is 0 Å². The highest BCUT2D eigenvalue weighted by Crippen LogP contribution is 2.21. The van der Waals surface area contributed by atoms with Crippen molar-refractivity contribution in [2.24, 2.45) is 11.7 Å². The Hall–Kier alpha value is -1.72. The minimum absolute atomic E-state index is 0.375. The van der Waals surface area contributed by atoms with Crippen molar-refractivity contribution in [2.45, 2.75) is 12.8 Å². The zero-order valence-electron chi connectivity index (χ0n) is 11.8. The second-order valence-corrected chi connectivity index (χ2v) is 5.83. The number of rotatable bonds is 5. The average molecular weight is 301 g/mol. The third kappa shape index (κ3) is 3.31. The molecule has 0 spiro atoms. The third-order valence-corrected chi connectivity index (χ3v) is 4.08. The van der Waals surface area contributed by atoms with Crippen LogP contribution >= 0.6 is 12.2 Å². The number of nitrogens with zero attached hydrogens (tertiary/aromatic N) is 1. The molecule has 110 valence electrons. The Bertz CT molecular complexity index is 653. The molecule has 1 fully saturated rings. The van der Waals surface area contributed by atoms with E-state index in [4.69, 9.17) is 22.7 Å². The van der Waals surface area contributed by atoms with Gasteiger partial charge >= 0.3 is 0 Å². The predicted octanol–water partition coefficient (Wildman–Crippen LogP) is 2.71. The van der Waals surface area contributed by atoms with E-state index in [1.165, 1.54) is 0 Å². The molecule has 1 aliphatic heterocycles. The molecule has 0 bridgehead atoms. The van der Waals surface area contributed by atoms with E-state index in [0.29, 0.717) is 10.9 Å². The van der Waals surface area contributed by atoms with Gasteiger partial charge in [0.25, 0.3) is 0 Å². The van der Waals surface area contributed by atoms with Crippen LogP contribution in [0.15, 0.2) is 30.3 Å². The van der Waals surface area contributed by atoms with Crippen LogP contribution in [0.4, 0.5) is 5.82 Å². The topological polar surface area (TPSA) is 60.2 Å². The molecule has 4 nitrogen and oxygen atoms in total. The lowest BCUT2D eigenvalue weighted by Crippen LogP contribution is -2.16. The molecule has 1 unspecified atom stereocenters. The first-order chi connectivity index (χ1) is 10.2. The molecule has 1 saturated heterocycles. The van der Waals surface area contributed by atoms with Crippen molar-refractivity contribution >= 4 is 33.9 Å². The second-order valence-electron chi connectivity index (χ2n) is 5.39. The van der Waals surface area contributed by atoms with Gasteiger partial charge in [-0.1, -0.05) is 30.4 Å².